The highest BCUT2D eigenvalue weighted by Crippen LogP contribution is 2.21. The zero-order valence-corrected chi connectivity index (χ0v) is 13.9. The van der Waals surface area contributed by atoms with Crippen LogP contribution in [0.15, 0.2) is 0 Å². The number of carbonyl (C=O) groups excluding carboxylic acids is 1. The van der Waals surface area contributed by atoms with Crippen molar-refractivity contribution >= 4 is 25.6 Å². The maximum Gasteiger partial charge on any atom is 0.232 e. The topological polar surface area (TPSA) is 54.5 Å². The maximum absolute atomic E-state index is 11.8. The van der Waals surface area contributed by atoms with Gasteiger partial charge in [-0.3, -0.25) is 4.79 Å². The minimum atomic E-state index is -3.50. The summed E-state index contributed by atoms with van der Waals surface area (Å²) in [7, 11) is 1.74. The third-order valence-electron chi connectivity index (χ3n) is 3.76. The predicted molar refractivity (Wildman–Crippen MR) is 82.3 cm³/mol. The summed E-state index contributed by atoms with van der Waals surface area (Å²) < 4.78 is 22.0. The van der Waals surface area contributed by atoms with E-state index in [1.165, 1.54) is 32.1 Å². The molecule has 0 aromatic rings. The molecule has 20 heavy (non-hydrogen) atoms. The lowest BCUT2D eigenvalue weighted by molar-refractivity contribution is -0.127. The number of likely N-dealkylation sites (tertiary alicyclic amines) is 1. The van der Waals surface area contributed by atoms with Crippen LogP contribution in [0.5, 0.6) is 0 Å². The van der Waals surface area contributed by atoms with Gasteiger partial charge in [0.25, 0.3) is 0 Å². The fourth-order valence-corrected chi connectivity index (χ4v) is 4.04. The van der Waals surface area contributed by atoms with Crippen LogP contribution in [0, 0.1) is 5.92 Å². The van der Waals surface area contributed by atoms with E-state index in [1.807, 2.05) is 0 Å². The molecule has 0 aliphatic carbocycles. The van der Waals surface area contributed by atoms with E-state index in [-0.39, 0.29) is 17.6 Å². The summed E-state index contributed by atoms with van der Waals surface area (Å²) in [5.41, 5.74) is 0. The molecule has 1 aliphatic heterocycles. The second kappa shape index (κ2) is 8.88. The Balaban J connectivity index is 2.14. The number of carbonyl (C=O) groups is 1. The van der Waals surface area contributed by atoms with Gasteiger partial charge in [0.2, 0.25) is 15.0 Å². The molecule has 1 saturated heterocycles. The van der Waals surface area contributed by atoms with Crippen molar-refractivity contribution in [2.45, 2.75) is 58.3 Å². The Kier molecular flexibility index (Phi) is 7.88. The molecule has 6 heteroatoms. The molecule has 0 aromatic heterocycles. The van der Waals surface area contributed by atoms with E-state index < -0.39 is 9.05 Å². The van der Waals surface area contributed by atoms with Crippen molar-refractivity contribution < 1.29 is 13.2 Å². The molecule has 1 unspecified atom stereocenters. The summed E-state index contributed by atoms with van der Waals surface area (Å²) >= 11 is 0. The van der Waals surface area contributed by atoms with Gasteiger partial charge in [0.15, 0.2) is 0 Å². The summed E-state index contributed by atoms with van der Waals surface area (Å²) in [4.78, 5) is 13.6. The number of hydrogen-bond donors (Lipinski definition) is 0. The zero-order chi connectivity index (χ0) is 15.0. The van der Waals surface area contributed by atoms with Crippen molar-refractivity contribution in [2.75, 3.05) is 18.8 Å². The molecule has 0 saturated carbocycles. The van der Waals surface area contributed by atoms with Crippen LogP contribution in [-0.4, -0.2) is 38.1 Å². The highest BCUT2D eigenvalue weighted by atomic mass is 35.7. The van der Waals surface area contributed by atoms with Crippen LogP contribution < -0.4 is 0 Å². The number of hydrogen-bond acceptors (Lipinski definition) is 3. The standard InChI is InChI=1S/C14H26ClNO3S/c1-2-3-4-5-6-7-8-9-16-11-13(10-14(16)17)12-20(15,18)19/h13H,2-12H2,1H3. The molecular weight excluding hydrogens is 298 g/mol. The Morgan fingerprint density at radius 3 is 2.35 bits per heavy atom. The molecular formula is C14H26ClNO3S. The summed E-state index contributed by atoms with van der Waals surface area (Å²) in [5.74, 6) is -0.149. The van der Waals surface area contributed by atoms with Crippen LogP contribution in [0.1, 0.15) is 58.3 Å². The van der Waals surface area contributed by atoms with Crippen molar-refractivity contribution in [1.82, 2.24) is 4.90 Å². The first-order valence-corrected chi connectivity index (χ1v) is 10.1. The fraction of sp³-hybridized carbons (Fsp3) is 0.929. The van der Waals surface area contributed by atoms with Gasteiger partial charge in [0.1, 0.15) is 0 Å². The third kappa shape index (κ3) is 7.48. The number of halogens is 1. The minimum absolute atomic E-state index is 0.0706. The second-order valence-corrected chi connectivity index (χ2v) is 8.56. The normalized spacial score (nSPS) is 19.8. The number of unbranched alkanes of at least 4 members (excludes halogenated alkanes) is 6. The first-order valence-electron chi connectivity index (χ1n) is 7.62. The van der Waals surface area contributed by atoms with Gasteiger partial charge in [0, 0.05) is 36.1 Å². The summed E-state index contributed by atoms with van der Waals surface area (Å²) in [6.07, 6.45) is 8.84. The number of nitrogens with zero attached hydrogens (tertiary/aromatic N) is 1. The number of amides is 1. The van der Waals surface area contributed by atoms with E-state index in [2.05, 4.69) is 6.92 Å². The van der Waals surface area contributed by atoms with Crippen LogP contribution in [-0.2, 0) is 13.8 Å². The Morgan fingerprint density at radius 2 is 1.75 bits per heavy atom. The largest absolute Gasteiger partial charge is 0.342 e. The van der Waals surface area contributed by atoms with Crippen molar-refractivity contribution in [3.63, 3.8) is 0 Å². The first-order chi connectivity index (χ1) is 9.42. The van der Waals surface area contributed by atoms with E-state index >= 15 is 0 Å². The highest BCUT2D eigenvalue weighted by molar-refractivity contribution is 8.13. The summed E-state index contributed by atoms with van der Waals surface area (Å²) in [5, 5.41) is 0. The molecule has 1 rings (SSSR count). The molecule has 4 nitrogen and oxygen atoms in total. The molecule has 1 heterocycles. The fourth-order valence-electron chi connectivity index (χ4n) is 2.72. The summed E-state index contributed by atoms with van der Waals surface area (Å²) in [6.45, 7) is 3.50. The van der Waals surface area contributed by atoms with Crippen LogP contribution in [0.4, 0.5) is 0 Å². The maximum atomic E-state index is 11.8. The SMILES string of the molecule is CCCCCCCCCN1CC(CS(=O)(=O)Cl)CC1=O. The molecule has 1 aliphatic rings. The van der Waals surface area contributed by atoms with Gasteiger partial charge in [-0.05, 0) is 6.42 Å². The lowest BCUT2D eigenvalue weighted by atomic mass is 10.1. The summed E-state index contributed by atoms with van der Waals surface area (Å²) in [6, 6.07) is 0. The average molecular weight is 324 g/mol. The van der Waals surface area contributed by atoms with Crippen LogP contribution in [0.2, 0.25) is 0 Å². The average Bonchev–Trinajstić information content (AvgIpc) is 2.66. The Bertz CT molecular complexity index is 397. The molecule has 1 amide bonds. The van der Waals surface area contributed by atoms with E-state index in [0.717, 1.165) is 19.4 Å². The van der Waals surface area contributed by atoms with Crippen LogP contribution in [0.25, 0.3) is 0 Å². The van der Waals surface area contributed by atoms with Crippen molar-refractivity contribution in [3.8, 4) is 0 Å². The third-order valence-corrected chi connectivity index (χ3v) is 5.01. The van der Waals surface area contributed by atoms with E-state index in [1.54, 1.807) is 4.90 Å². The van der Waals surface area contributed by atoms with Gasteiger partial charge in [-0.1, -0.05) is 45.4 Å². The second-order valence-electron chi connectivity index (χ2n) is 5.74. The van der Waals surface area contributed by atoms with Gasteiger partial charge in [0.05, 0.1) is 5.75 Å². The molecule has 0 radical (unpaired) electrons. The predicted octanol–water partition coefficient (Wildman–Crippen LogP) is 3.15. The van der Waals surface area contributed by atoms with Gasteiger partial charge < -0.3 is 4.90 Å². The number of rotatable bonds is 10. The Labute approximate surface area is 127 Å². The van der Waals surface area contributed by atoms with Gasteiger partial charge in [-0.25, -0.2) is 8.42 Å². The lowest BCUT2D eigenvalue weighted by Crippen LogP contribution is -2.27. The molecule has 0 N–H and O–H groups in total. The Morgan fingerprint density at radius 1 is 1.15 bits per heavy atom. The zero-order valence-electron chi connectivity index (χ0n) is 12.3. The molecule has 1 atom stereocenters. The van der Waals surface area contributed by atoms with Gasteiger partial charge >= 0.3 is 0 Å². The van der Waals surface area contributed by atoms with Crippen molar-refractivity contribution in [1.29, 1.82) is 0 Å². The quantitative estimate of drug-likeness (QED) is 0.458. The van der Waals surface area contributed by atoms with E-state index in [4.69, 9.17) is 10.7 Å². The van der Waals surface area contributed by atoms with Crippen LogP contribution >= 0.6 is 10.7 Å². The monoisotopic (exact) mass is 323 g/mol. The van der Waals surface area contributed by atoms with Crippen LogP contribution in [0.3, 0.4) is 0 Å². The van der Waals surface area contributed by atoms with Crippen molar-refractivity contribution in [3.05, 3.63) is 0 Å². The smallest absolute Gasteiger partial charge is 0.232 e. The molecule has 0 spiro atoms. The van der Waals surface area contributed by atoms with E-state index in [9.17, 15) is 13.2 Å². The molecule has 1 fully saturated rings. The van der Waals surface area contributed by atoms with Crippen molar-refractivity contribution in [2.24, 2.45) is 5.92 Å². The molecule has 0 aromatic carbocycles. The minimum Gasteiger partial charge on any atom is -0.342 e. The first kappa shape index (κ1) is 17.8. The van der Waals surface area contributed by atoms with Gasteiger partial charge in [-0.2, -0.15) is 0 Å². The molecule has 118 valence electrons. The van der Waals surface area contributed by atoms with Gasteiger partial charge in [-0.15, -0.1) is 0 Å². The highest BCUT2D eigenvalue weighted by Gasteiger charge is 2.31. The molecule has 0 bridgehead atoms. The Hall–Kier alpha value is -0.290. The van der Waals surface area contributed by atoms with E-state index in [0.29, 0.717) is 13.0 Å². The lowest BCUT2D eigenvalue weighted by Gasteiger charge is -2.16.